The SMILES string of the molecule is Cc1ncc(NC(=O)c2ccnc(C(C)(C)F)c2)cc1-c1ccnc(-c2ccnc(NC(=O)C3CC3)c2)c1. The van der Waals surface area contributed by atoms with Gasteiger partial charge in [-0.25, -0.2) is 9.37 Å². The third kappa shape index (κ3) is 5.72. The quantitative estimate of drug-likeness (QED) is 0.329. The zero-order chi connectivity index (χ0) is 26.9. The Bertz CT molecular complexity index is 1530. The highest BCUT2D eigenvalue weighted by Crippen LogP contribution is 2.31. The minimum Gasteiger partial charge on any atom is -0.321 e. The Hall–Kier alpha value is -4.53. The molecule has 0 spiro atoms. The molecule has 0 atom stereocenters. The topological polar surface area (TPSA) is 110 Å². The van der Waals surface area contributed by atoms with E-state index in [1.165, 1.54) is 32.2 Å². The summed E-state index contributed by atoms with van der Waals surface area (Å²) in [5.41, 5.74) is 3.31. The van der Waals surface area contributed by atoms with Crippen LogP contribution in [0.2, 0.25) is 0 Å². The summed E-state index contributed by atoms with van der Waals surface area (Å²) in [5.74, 6) is 0.182. The van der Waals surface area contributed by atoms with E-state index in [0.29, 0.717) is 22.8 Å². The number of pyridine rings is 4. The van der Waals surface area contributed by atoms with E-state index >= 15 is 0 Å². The van der Waals surface area contributed by atoms with Gasteiger partial charge in [0.2, 0.25) is 5.91 Å². The second-order valence-electron chi connectivity index (χ2n) is 9.84. The van der Waals surface area contributed by atoms with E-state index in [0.717, 1.165) is 35.2 Å². The van der Waals surface area contributed by atoms with Crippen LogP contribution in [0, 0.1) is 12.8 Å². The van der Waals surface area contributed by atoms with E-state index in [2.05, 4.69) is 30.6 Å². The molecule has 4 aromatic heterocycles. The molecule has 1 saturated carbocycles. The van der Waals surface area contributed by atoms with Gasteiger partial charge in [-0.15, -0.1) is 0 Å². The number of carbonyl (C=O) groups is 2. The van der Waals surface area contributed by atoms with Crippen molar-refractivity contribution in [1.29, 1.82) is 0 Å². The molecule has 1 aliphatic carbocycles. The van der Waals surface area contributed by atoms with Crippen molar-refractivity contribution >= 4 is 23.3 Å². The van der Waals surface area contributed by atoms with Crippen molar-refractivity contribution in [3.63, 3.8) is 0 Å². The summed E-state index contributed by atoms with van der Waals surface area (Å²) >= 11 is 0. The predicted octanol–water partition coefficient (Wildman–Crippen LogP) is 5.71. The molecule has 1 aliphatic rings. The van der Waals surface area contributed by atoms with Gasteiger partial charge in [0.05, 0.1) is 23.3 Å². The molecule has 5 rings (SSSR count). The molecule has 8 nitrogen and oxygen atoms in total. The minimum absolute atomic E-state index is 0.00619. The van der Waals surface area contributed by atoms with Crippen LogP contribution >= 0.6 is 0 Å². The zero-order valence-corrected chi connectivity index (χ0v) is 21.3. The van der Waals surface area contributed by atoms with Gasteiger partial charge in [-0.1, -0.05) is 0 Å². The maximum Gasteiger partial charge on any atom is 0.255 e. The first-order chi connectivity index (χ1) is 18.2. The van der Waals surface area contributed by atoms with Crippen LogP contribution in [0.5, 0.6) is 0 Å². The fraction of sp³-hybridized carbons (Fsp3) is 0.241. The Labute approximate surface area is 219 Å². The Morgan fingerprint density at radius 3 is 2.39 bits per heavy atom. The van der Waals surface area contributed by atoms with Crippen LogP contribution in [0.1, 0.15) is 48.4 Å². The van der Waals surface area contributed by atoms with Crippen molar-refractivity contribution in [3.8, 4) is 22.4 Å². The molecular formula is C29H27FN6O2. The molecule has 4 heterocycles. The summed E-state index contributed by atoms with van der Waals surface area (Å²) in [5, 5.41) is 5.71. The highest BCUT2D eigenvalue weighted by atomic mass is 19.1. The number of alkyl halides is 1. The van der Waals surface area contributed by atoms with Crippen LogP contribution in [-0.4, -0.2) is 31.8 Å². The molecule has 192 valence electrons. The van der Waals surface area contributed by atoms with Crippen LogP contribution in [-0.2, 0) is 10.5 Å². The van der Waals surface area contributed by atoms with Crippen molar-refractivity contribution < 1.29 is 14.0 Å². The molecule has 4 aromatic rings. The van der Waals surface area contributed by atoms with Gasteiger partial charge in [0.1, 0.15) is 11.5 Å². The van der Waals surface area contributed by atoms with Gasteiger partial charge in [0, 0.05) is 46.9 Å². The Kier molecular flexibility index (Phi) is 6.67. The molecule has 9 heteroatoms. The van der Waals surface area contributed by atoms with Gasteiger partial charge in [0.25, 0.3) is 5.91 Å². The fourth-order valence-electron chi connectivity index (χ4n) is 3.98. The molecule has 1 fully saturated rings. The first kappa shape index (κ1) is 25.1. The highest BCUT2D eigenvalue weighted by Gasteiger charge is 2.29. The second kappa shape index (κ2) is 10.1. The number of amides is 2. The molecular weight excluding hydrogens is 483 g/mol. The van der Waals surface area contributed by atoms with E-state index in [9.17, 15) is 14.0 Å². The molecule has 2 amide bonds. The first-order valence-electron chi connectivity index (χ1n) is 12.3. The number of carbonyl (C=O) groups excluding carboxylic acids is 2. The summed E-state index contributed by atoms with van der Waals surface area (Å²) in [6.45, 7) is 4.68. The molecule has 0 bridgehead atoms. The first-order valence-corrected chi connectivity index (χ1v) is 12.3. The lowest BCUT2D eigenvalue weighted by Gasteiger charge is -2.14. The zero-order valence-electron chi connectivity index (χ0n) is 21.3. The van der Waals surface area contributed by atoms with Crippen LogP contribution in [0.25, 0.3) is 22.4 Å². The van der Waals surface area contributed by atoms with Crippen molar-refractivity contribution in [2.24, 2.45) is 5.92 Å². The third-order valence-corrected chi connectivity index (χ3v) is 6.30. The predicted molar refractivity (Wildman–Crippen MR) is 143 cm³/mol. The highest BCUT2D eigenvalue weighted by molar-refractivity contribution is 6.04. The van der Waals surface area contributed by atoms with Crippen LogP contribution in [0.15, 0.2) is 67.3 Å². The summed E-state index contributed by atoms with van der Waals surface area (Å²) in [6.07, 6.45) is 8.19. The number of anilines is 2. The van der Waals surface area contributed by atoms with E-state index in [4.69, 9.17) is 0 Å². The largest absolute Gasteiger partial charge is 0.321 e. The molecule has 2 N–H and O–H groups in total. The van der Waals surface area contributed by atoms with Crippen molar-refractivity contribution in [2.75, 3.05) is 10.6 Å². The average Bonchev–Trinajstić information content (AvgIpc) is 3.75. The summed E-state index contributed by atoms with van der Waals surface area (Å²) in [6, 6.07) is 12.3. The smallest absolute Gasteiger partial charge is 0.255 e. The number of aromatic nitrogens is 4. The molecule has 0 unspecified atom stereocenters. The number of nitrogens with one attached hydrogen (secondary N) is 2. The molecule has 0 aliphatic heterocycles. The lowest BCUT2D eigenvalue weighted by molar-refractivity contribution is -0.117. The third-order valence-electron chi connectivity index (χ3n) is 6.30. The maximum absolute atomic E-state index is 14.3. The molecule has 38 heavy (non-hydrogen) atoms. The van der Waals surface area contributed by atoms with E-state index in [1.807, 2.05) is 31.2 Å². The monoisotopic (exact) mass is 510 g/mol. The molecule has 0 aromatic carbocycles. The van der Waals surface area contributed by atoms with Crippen LogP contribution in [0.3, 0.4) is 0 Å². The summed E-state index contributed by atoms with van der Waals surface area (Å²) in [4.78, 5) is 42.3. The van der Waals surface area contributed by atoms with E-state index in [1.54, 1.807) is 24.7 Å². The second-order valence-corrected chi connectivity index (χ2v) is 9.84. The van der Waals surface area contributed by atoms with Crippen molar-refractivity contribution in [2.45, 2.75) is 39.3 Å². The van der Waals surface area contributed by atoms with Gasteiger partial charge in [-0.05, 0) is 81.6 Å². The lowest BCUT2D eigenvalue weighted by Crippen LogP contribution is -2.16. The van der Waals surface area contributed by atoms with Gasteiger partial charge in [-0.3, -0.25) is 24.5 Å². The number of rotatable bonds is 7. The van der Waals surface area contributed by atoms with Gasteiger partial charge in [0.15, 0.2) is 0 Å². The normalized spacial score (nSPS) is 13.2. The average molecular weight is 511 g/mol. The number of hydrogen-bond acceptors (Lipinski definition) is 6. The lowest BCUT2D eigenvalue weighted by atomic mass is 10.0. The maximum atomic E-state index is 14.3. The van der Waals surface area contributed by atoms with Crippen LogP contribution < -0.4 is 10.6 Å². The Balaban J connectivity index is 1.38. The van der Waals surface area contributed by atoms with Gasteiger partial charge >= 0.3 is 0 Å². The van der Waals surface area contributed by atoms with Gasteiger partial charge < -0.3 is 10.6 Å². The number of hydrogen-bond donors (Lipinski definition) is 2. The summed E-state index contributed by atoms with van der Waals surface area (Å²) in [7, 11) is 0. The summed E-state index contributed by atoms with van der Waals surface area (Å²) < 4.78 is 14.3. The van der Waals surface area contributed by atoms with E-state index in [-0.39, 0.29) is 23.4 Å². The minimum atomic E-state index is -1.66. The van der Waals surface area contributed by atoms with Crippen molar-refractivity contribution in [1.82, 2.24) is 19.9 Å². The molecule has 0 saturated heterocycles. The van der Waals surface area contributed by atoms with Crippen LogP contribution in [0.4, 0.5) is 15.9 Å². The standard InChI is InChI=1S/C29H27FN6O2/c1-17-23(15-22(16-34-17)35-28(38)21-8-10-32-25(13-21)29(2,3)30)19-6-9-31-24(12-19)20-7-11-33-26(14-20)36-27(37)18-4-5-18/h6-16,18H,4-5H2,1-3H3,(H,35,38)(H,33,36,37). The Morgan fingerprint density at radius 2 is 1.63 bits per heavy atom. The molecule has 0 radical (unpaired) electrons. The number of nitrogens with zero attached hydrogens (tertiary/aromatic N) is 4. The Morgan fingerprint density at radius 1 is 0.895 bits per heavy atom. The number of halogens is 1. The number of aryl methyl sites for hydroxylation is 1. The fourth-order valence-corrected chi connectivity index (χ4v) is 3.98. The van der Waals surface area contributed by atoms with E-state index < -0.39 is 5.67 Å². The van der Waals surface area contributed by atoms with Crippen molar-refractivity contribution in [3.05, 3.63) is 84.2 Å². The van der Waals surface area contributed by atoms with Gasteiger partial charge in [-0.2, -0.15) is 0 Å².